The standard InChI is InChI=1S/C12H18N2O3/c1-4-17-12(15)9(2)14-8-10-6-5-7-13-11(10)16-3/h5-7,9,14H,4,8H2,1-3H3. The number of aromatic nitrogens is 1. The second-order valence-electron chi connectivity index (χ2n) is 3.53. The van der Waals surface area contributed by atoms with Crippen molar-refractivity contribution in [1.29, 1.82) is 0 Å². The van der Waals surface area contributed by atoms with Crippen molar-refractivity contribution in [2.75, 3.05) is 13.7 Å². The molecule has 0 aliphatic carbocycles. The number of hydrogen-bond acceptors (Lipinski definition) is 5. The lowest BCUT2D eigenvalue weighted by molar-refractivity contribution is -0.145. The Morgan fingerprint density at radius 2 is 2.35 bits per heavy atom. The maximum absolute atomic E-state index is 11.4. The topological polar surface area (TPSA) is 60.5 Å². The molecule has 1 aromatic heterocycles. The van der Waals surface area contributed by atoms with Crippen LogP contribution in [0.1, 0.15) is 19.4 Å². The molecule has 17 heavy (non-hydrogen) atoms. The Balaban J connectivity index is 2.52. The Morgan fingerprint density at radius 1 is 1.59 bits per heavy atom. The highest BCUT2D eigenvalue weighted by molar-refractivity contribution is 5.75. The summed E-state index contributed by atoms with van der Waals surface area (Å²) in [5, 5.41) is 3.06. The van der Waals surface area contributed by atoms with Crippen LogP contribution in [0.2, 0.25) is 0 Å². The van der Waals surface area contributed by atoms with E-state index in [4.69, 9.17) is 9.47 Å². The molecule has 0 aliphatic heterocycles. The highest BCUT2D eigenvalue weighted by atomic mass is 16.5. The molecular formula is C12H18N2O3. The fourth-order valence-electron chi connectivity index (χ4n) is 1.36. The molecule has 0 saturated heterocycles. The van der Waals surface area contributed by atoms with Gasteiger partial charge >= 0.3 is 5.97 Å². The van der Waals surface area contributed by atoms with Crippen LogP contribution in [0.4, 0.5) is 0 Å². The zero-order valence-electron chi connectivity index (χ0n) is 10.4. The first-order valence-corrected chi connectivity index (χ1v) is 5.57. The van der Waals surface area contributed by atoms with E-state index in [9.17, 15) is 4.79 Å². The highest BCUT2D eigenvalue weighted by Gasteiger charge is 2.13. The van der Waals surface area contributed by atoms with Gasteiger partial charge in [-0.25, -0.2) is 4.98 Å². The lowest BCUT2D eigenvalue weighted by atomic mass is 10.2. The number of nitrogens with one attached hydrogen (secondary N) is 1. The summed E-state index contributed by atoms with van der Waals surface area (Å²) in [6.07, 6.45) is 1.66. The van der Waals surface area contributed by atoms with Gasteiger partial charge in [-0.15, -0.1) is 0 Å². The number of pyridine rings is 1. The molecular weight excluding hydrogens is 220 g/mol. The van der Waals surface area contributed by atoms with Crippen molar-refractivity contribution in [3.63, 3.8) is 0 Å². The summed E-state index contributed by atoms with van der Waals surface area (Å²) in [6, 6.07) is 3.38. The van der Waals surface area contributed by atoms with E-state index in [1.165, 1.54) is 0 Å². The number of ether oxygens (including phenoxy) is 2. The molecule has 0 fully saturated rings. The van der Waals surface area contributed by atoms with E-state index in [0.29, 0.717) is 19.0 Å². The van der Waals surface area contributed by atoms with Crippen LogP contribution >= 0.6 is 0 Å². The number of carbonyl (C=O) groups is 1. The minimum absolute atomic E-state index is 0.254. The monoisotopic (exact) mass is 238 g/mol. The van der Waals surface area contributed by atoms with E-state index in [1.807, 2.05) is 12.1 Å². The van der Waals surface area contributed by atoms with Crippen molar-refractivity contribution in [3.05, 3.63) is 23.9 Å². The van der Waals surface area contributed by atoms with Gasteiger partial charge in [0.05, 0.1) is 13.7 Å². The molecule has 1 N–H and O–H groups in total. The molecule has 94 valence electrons. The summed E-state index contributed by atoms with van der Waals surface area (Å²) in [6.45, 7) is 4.45. The predicted octanol–water partition coefficient (Wildman–Crippen LogP) is 1.13. The smallest absolute Gasteiger partial charge is 0.322 e. The number of rotatable bonds is 6. The van der Waals surface area contributed by atoms with Gasteiger partial charge in [0.15, 0.2) is 0 Å². The normalized spacial score (nSPS) is 11.9. The van der Waals surface area contributed by atoms with Gasteiger partial charge in [-0.3, -0.25) is 4.79 Å². The van der Waals surface area contributed by atoms with Crippen LogP contribution in [0.25, 0.3) is 0 Å². The first-order valence-electron chi connectivity index (χ1n) is 5.57. The molecule has 1 atom stereocenters. The van der Waals surface area contributed by atoms with Gasteiger partial charge in [0.25, 0.3) is 0 Å². The Bertz CT molecular complexity index is 369. The van der Waals surface area contributed by atoms with Gasteiger partial charge in [-0.2, -0.15) is 0 Å². The van der Waals surface area contributed by atoms with Crippen LogP contribution in [0.15, 0.2) is 18.3 Å². The Labute approximate surface area is 101 Å². The summed E-state index contributed by atoms with van der Waals surface area (Å²) in [4.78, 5) is 15.5. The van der Waals surface area contributed by atoms with Gasteiger partial charge in [0, 0.05) is 18.3 Å². The molecule has 0 radical (unpaired) electrons. The Hall–Kier alpha value is -1.62. The highest BCUT2D eigenvalue weighted by Crippen LogP contribution is 2.13. The summed E-state index contributed by atoms with van der Waals surface area (Å²) >= 11 is 0. The molecule has 5 heteroatoms. The maximum Gasteiger partial charge on any atom is 0.322 e. The van der Waals surface area contributed by atoms with Crippen molar-refractivity contribution < 1.29 is 14.3 Å². The summed E-state index contributed by atoms with van der Waals surface area (Å²) in [5.74, 6) is 0.311. The number of nitrogens with zero attached hydrogens (tertiary/aromatic N) is 1. The molecule has 0 amide bonds. The van der Waals surface area contributed by atoms with Crippen LogP contribution in [0.3, 0.4) is 0 Å². The molecule has 1 rings (SSSR count). The van der Waals surface area contributed by atoms with E-state index in [2.05, 4.69) is 10.3 Å². The van der Waals surface area contributed by atoms with Crippen molar-refractivity contribution in [1.82, 2.24) is 10.3 Å². The van der Waals surface area contributed by atoms with Crippen molar-refractivity contribution in [2.45, 2.75) is 26.4 Å². The first-order chi connectivity index (χ1) is 8.19. The minimum Gasteiger partial charge on any atom is -0.481 e. The minimum atomic E-state index is -0.347. The lowest BCUT2D eigenvalue weighted by Crippen LogP contribution is -2.35. The quantitative estimate of drug-likeness (QED) is 0.753. The molecule has 5 nitrogen and oxygen atoms in total. The average molecular weight is 238 g/mol. The Kier molecular flexibility index (Phi) is 5.42. The summed E-state index contributed by atoms with van der Waals surface area (Å²) in [5.41, 5.74) is 0.908. The molecule has 0 spiro atoms. The average Bonchev–Trinajstić information content (AvgIpc) is 2.36. The van der Waals surface area contributed by atoms with Crippen molar-refractivity contribution in [2.24, 2.45) is 0 Å². The number of hydrogen-bond donors (Lipinski definition) is 1. The number of carbonyl (C=O) groups excluding carboxylic acids is 1. The third-order valence-corrected chi connectivity index (χ3v) is 2.28. The van der Waals surface area contributed by atoms with Gasteiger partial charge in [0.1, 0.15) is 6.04 Å². The molecule has 0 bridgehead atoms. The van der Waals surface area contributed by atoms with Crippen molar-refractivity contribution >= 4 is 5.97 Å². The number of esters is 1. The Morgan fingerprint density at radius 3 is 3.00 bits per heavy atom. The fraction of sp³-hybridized carbons (Fsp3) is 0.500. The molecule has 1 aromatic rings. The fourth-order valence-corrected chi connectivity index (χ4v) is 1.36. The SMILES string of the molecule is CCOC(=O)C(C)NCc1cccnc1OC. The van der Waals surface area contributed by atoms with E-state index < -0.39 is 0 Å². The summed E-state index contributed by atoms with van der Waals surface area (Å²) in [7, 11) is 1.57. The van der Waals surface area contributed by atoms with Gasteiger partial charge in [0.2, 0.25) is 5.88 Å². The molecule has 0 aliphatic rings. The maximum atomic E-state index is 11.4. The second-order valence-corrected chi connectivity index (χ2v) is 3.53. The van der Waals surface area contributed by atoms with Crippen LogP contribution < -0.4 is 10.1 Å². The van der Waals surface area contributed by atoms with E-state index >= 15 is 0 Å². The zero-order chi connectivity index (χ0) is 12.7. The zero-order valence-corrected chi connectivity index (χ0v) is 10.4. The predicted molar refractivity (Wildman–Crippen MR) is 63.7 cm³/mol. The van der Waals surface area contributed by atoms with Gasteiger partial charge in [-0.05, 0) is 19.9 Å². The number of methoxy groups -OCH3 is 1. The molecule has 0 aromatic carbocycles. The van der Waals surface area contributed by atoms with E-state index in [1.54, 1.807) is 27.2 Å². The third kappa shape index (κ3) is 4.03. The lowest BCUT2D eigenvalue weighted by Gasteiger charge is -2.13. The first kappa shape index (κ1) is 13.4. The van der Waals surface area contributed by atoms with Crippen molar-refractivity contribution in [3.8, 4) is 5.88 Å². The van der Waals surface area contributed by atoms with Crippen LogP contribution in [0.5, 0.6) is 5.88 Å². The molecule has 0 saturated carbocycles. The van der Waals surface area contributed by atoms with E-state index in [0.717, 1.165) is 5.56 Å². The molecule has 1 heterocycles. The van der Waals surface area contributed by atoms with Gasteiger partial charge in [-0.1, -0.05) is 6.07 Å². The molecule has 1 unspecified atom stereocenters. The van der Waals surface area contributed by atoms with E-state index in [-0.39, 0.29) is 12.0 Å². The summed E-state index contributed by atoms with van der Waals surface area (Å²) < 4.78 is 10.0. The van der Waals surface area contributed by atoms with Crippen LogP contribution in [-0.4, -0.2) is 30.7 Å². The van der Waals surface area contributed by atoms with Gasteiger partial charge < -0.3 is 14.8 Å². The second kappa shape index (κ2) is 6.85. The third-order valence-electron chi connectivity index (χ3n) is 2.28. The van der Waals surface area contributed by atoms with Crippen LogP contribution in [-0.2, 0) is 16.1 Å². The largest absolute Gasteiger partial charge is 0.481 e. The van der Waals surface area contributed by atoms with Crippen LogP contribution in [0, 0.1) is 0 Å².